The normalized spacial score (nSPS) is 15.7. The van der Waals surface area contributed by atoms with E-state index in [1.807, 2.05) is 0 Å². The summed E-state index contributed by atoms with van der Waals surface area (Å²) < 4.78 is 0. The average Bonchev–Trinajstić information content (AvgIpc) is 2.21. The molecule has 0 radical (unpaired) electrons. The van der Waals surface area contributed by atoms with Gasteiger partial charge in [-0.2, -0.15) is 0 Å². The van der Waals surface area contributed by atoms with Crippen LogP contribution in [0, 0.1) is 0 Å². The summed E-state index contributed by atoms with van der Waals surface area (Å²) in [6.45, 7) is 1.31. The number of aliphatic hydroxyl groups is 1. The lowest BCUT2D eigenvalue weighted by Crippen LogP contribution is -2.52. The molecule has 17 heavy (non-hydrogen) atoms. The van der Waals surface area contributed by atoms with Crippen LogP contribution in [0.4, 0.5) is 0 Å². The van der Waals surface area contributed by atoms with Gasteiger partial charge in [0.1, 0.15) is 12.1 Å². The van der Waals surface area contributed by atoms with E-state index in [0.717, 1.165) is 0 Å². The topological polar surface area (TPSA) is 156 Å². The van der Waals surface area contributed by atoms with Crippen LogP contribution in [0.15, 0.2) is 0 Å². The SMILES string of the molecule is CC(O)C(N)C(=O)NC(CCC(N)=O)C(=O)O. The van der Waals surface area contributed by atoms with Crippen molar-refractivity contribution in [3.63, 3.8) is 0 Å². The first kappa shape index (κ1) is 15.3. The zero-order chi connectivity index (χ0) is 13.6. The predicted molar refractivity (Wildman–Crippen MR) is 57.7 cm³/mol. The van der Waals surface area contributed by atoms with Crippen molar-refractivity contribution in [1.82, 2.24) is 5.32 Å². The van der Waals surface area contributed by atoms with Gasteiger partial charge in [-0.05, 0) is 13.3 Å². The molecule has 0 aliphatic rings. The van der Waals surface area contributed by atoms with Crippen LogP contribution < -0.4 is 16.8 Å². The van der Waals surface area contributed by atoms with E-state index in [1.54, 1.807) is 0 Å². The highest BCUT2D eigenvalue weighted by Gasteiger charge is 2.25. The molecule has 0 aromatic rings. The van der Waals surface area contributed by atoms with Crippen LogP contribution in [0.1, 0.15) is 19.8 Å². The molecule has 0 aliphatic carbocycles. The molecular weight excluding hydrogens is 230 g/mol. The summed E-state index contributed by atoms with van der Waals surface area (Å²) in [5.74, 6) is -2.75. The molecule has 8 heteroatoms. The molecule has 0 aromatic heterocycles. The zero-order valence-electron chi connectivity index (χ0n) is 9.42. The standard InChI is InChI=1S/C9H17N3O5/c1-4(13)7(11)8(15)12-5(9(16)17)2-3-6(10)14/h4-5,7,13H,2-3,11H2,1H3,(H2,10,14)(H,12,15)(H,16,17). The van der Waals surface area contributed by atoms with Crippen molar-refractivity contribution in [2.24, 2.45) is 11.5 Å². The summed E-state index contributed by atoms with van der Waals surface area (Å²) >= 11 is 0. The fraction of sp³-hybridized carbons (Fsp3) is 0.667. The number of amides is 2. The highest BCUT2D eigenvalue weighted by atomic mass is 16.4. The summed E-state index contributed by atoms with van der Waals surface area (Å²) in [7, 11) is 0. The third-order valence-electron chi connectivity index (χ3n) is 2.12. The van der Waals surface area contributed by atoms with Gasteiger partial charge < -0.3 is 27.0 Å². The minimum absolute atomic E-state index is 0.122. The molecule has 3 atom stereocenters. The molecule has 0 aromatic carbocycles. The van der Waals surface area contributed by atoms with E-state index in [2.05, 4.69) is 5.32 Å². The molecule has 0 rings (SSSR count). The minimum atomic E-state index is -1.29. The number of aliphatic carboxylic acids is 1. The highest BCUT2D eigenvalue weighted by molar-refractivity contribution is 5.87. The molecule has 8 nitrogen and oxygen atoms in total. The Labute approximate surface area is 98.0 Å². The number of carboxylic acids is 1. The molecule has 0 heterocycles. The lowest BCUT2D eigenvalue weighted by atomic mass is 10.1. The Hall–Kier alpha value is -1.67. The van der Waals surface area contributed by atoms with E-state index in [0.29, 0.717) is 0 Å². The summed E-state index contributed by atoms with van der Waals surface area (Å²) in [6.07, 6.45) is -1.38. The van der Waals surface area contributed by atoms with Crippen LogP contribution in [-0.2, 0) is 14.4 Å². The van der Waals surface area contributed by atoms with Gasteiger partial charge in [0.05, 0.1) is 6.10 Å². The number of hydrogen-bond donors (Lipinski definition) is 5. The number of nitrogens with one attached hydrogen (secondary N) is 1. The molecule has 98 valence electrons. The second kappa shape index (κ2) is 6.81. The molecule has 2 amide bonds. The van der Waals surface area contributed by atoms with E-state index in [1.165, 1.54) is 6.92 Å². The molecule has 7 N–H and O–H groups in total. The molecule has 0 saturated heterocycles. The number of rotatable bonds is 7. The number of primary amides is 1. The van der Waals surface area contributed by atoms with Gasteiger partial charge >= 0.3 is 5.97 Å². The number of carboxylic acid groups (broad SMARTS) is 1. The molecule has 0 aliphatic heterocycles. The van der Waals surface area contributed by atoms with Gasteiger partial charge in [0.2, 0.25) is 11.8 Å². The molecule has 3 unspecified atom stereocenters. The van der Waals surface area contributed by atoms with Crippen molar-refractivity contribution < 1.29 is 24.6 Å². The number of hydrogen-bond acceptors (Lipinski definition) is 5. The van der Waals surface area contributed by atoms with Gasteiger partial charge in [-0.25, -0.2) is 4.79 Å². The van der Waals surface area contributed by atoms with Gasteiger partial charge in [0.25, 0.3) is 0 Å². The Kier molecular flexibility index (Phi) is 6.15. The van der Waals surface area contributed by atoms with Crippen LogP contribution in [0.25, 0.3) is 0 Å². The Balaban J connectivity index is 4.39. The van der Waals surface area contributed by atoms with Gasteiger partial charge in [0.15, 0.2) is 0 Å². The highest BCUT2D eigenvalue weighted by Crippen LogP contribution is 1.99. The molecule has 0 spiro atoms. The van der Waals surface area contributed by atoms with Gasteiger partial charge in [-0.15, -0.1) is 0 Å². The van der Waals surface area contributed by atoms with E-state index >= 15 is 0 Å². The van der Waals surface area contributed by atoms with Crippen LogP contribution in [0.3, 0.4) is 0 Å². The van der Waals surface area contributed by atoms with Gasteiger partial charge in [-0.1, -0.05) is 0 Å². The molecule has 0 bridgehead atoms. The maximum atomic E-state index is 11.4. The van der Waals surface area contributed by atoms with Crippen molar-refractivity contribution in [3.8, 4) is 0 Å². The summed E-state index contributed by atoms with van der Waals surface area (Å²) in [5.41, 5.74) is 10.2. The fourth-order valence-corrected chi connectivity index (χ4v) is 1.03. The quantitative estimate of drug-likeness (QED) is 0.335. The first-order chi connectivity index (χ1) is 7.75. The van der Waals surface area contributed by atoms with E-state index < -0.39 is 36.0 Å². The van der Waals surface area contributed by atoms with Gasteiger partial charge in [0, 0.05) is 6.42 Å². The van der Waals surface area contributed by atoms with Crippen molar-refractivity contribution in [3.05, 3.63) is 0 Å². The minimum Gasteiger partial charge on any atom is -0.480 e. The Morgan fingerprint density at radius 2 is 1.88 bits per heavy atom. The fourth-order valence-electron chi connectivity index (χ4n) is 1.03. The summed E-state index contributed by atoms with van der Waals surface area (Å²) in [6, 6.07) is -2.47. The predicted octanol–water partition coefficient (Wildman–Crippen LogP) is -2.47. The number of aliphatic hydroxyl groups excluding tert-OH is 1. The van der Waals surface area contributed by atoms with Crippen molar-refractivity contribution in [1.29, 1.82) is 0 Å². The van der Waals surface area contributed by atoms with E-state index in [4.69, 9.17) is 21.7 Å². The maximum absolute atomic E-state index is 11.4. The Bertz CT molecular complexity index is 305. The summed E-state index contributed by atoms with van der Waals surface area (Å²) in [5, 5.41) is 20.0. The second-order valence-electron chi connectivity index (χ2n) is 3.67. The van der Waals surface area contributed by atoms with E-state index in [-0.39, 0.29) is 12.8 Å². The summed E-state index contributed by atoms with van der Waals surface area (Å²) in [4.78, 5) is 32.6. The Morgan fingerprint density at radius 1 is 1.35 bits per heavy atom. The van der Waals surface area contributed by atoms with Crippen LogP contribution in [0.5, 0.6) is 0 Å². The average molecular weight is 247 g/mol. The van der Waals surface area contributed by atoms with Crippen molar-refractivity contribution in [2.75, 3.05) is 0 Å². The van der Waals surface area contributed by atoms with Crippen LogP contribution in [0.2, 0.25) is 0 Å². The largest absolute Gasteiger partial charge is 0.480 e. The third kappa shape index (κ3) is 5.83. The van der Waals surface area contributed by atoms with E-state index in [9.17, 15) is 14.4 Å². The maximum Gasteiger partial charge on any atom is 0.326 e. The van der Waals surface area contributed by atoms with Crippen LogP contribution in [-0.4, -0.2) is 46.2 Å². The van der Waals surface area contributed by atoms with Crippen LogP contribution >= 0.6 is 0 Å². The molecular formula is C9H17N3O5. The van der Waals surface area contributed by atoms with Gasteiger partial charge in [-0.3, -0.25) is 9.59 Å². The third-order valence-corrected chi connectivity index (χ3v) is 2.12. The number of carbonyl (C=O) groups excluding carboxylic acids is 2. The Morgan fingerprint density at radius 3 is 2.24 bits per heavy atom. The monoisotopic (exact) mass is 247 g/mol. The molecule has 0 fully saturated rings. The lowest BCUT2D eigenvalue weighted by Gasteiger charge is -2.18. The molecule has 0 saturated carbocycles. The number of carbonyl (C=O) groups is 3. The first-order valence-electron chi connectivity index (χ1n) is 5.00. The number of nitrogens with two attached hydrogens (primary N) is 2. The lowest BCUT2D eigenvalue weighted by molar-refractivity contribution is -0.142. The zero-order valence-corrected chi connectivity index (χ0v) is 9.42. The van der Waals surface area contributed by atoms with Crippen molar-refractivity contribution >= 4 is 17.8 Å². The smallest absolute Gasteiger partial charge is 0.326 e. The second-order valence-corrected chi connectivity index (χ2v) is 3.67. The van der Waals surface area contributed by atoms with Crippen molar-refractivity contribution in [2.45, 2.75) is 38.0 Å². The first-order valence-corrected chi connectivity index (χ1v) is 5.00.